The molecular formula is C29H25FN4O4. The topological polar surface area (TPSA) is 87.4 Å². The summed E-state index contributed by atoms with van der Waals surface area (Å²) in [4.78, 5) is 30.5. The van der Waals surface area contributed by atoms with Crippen molar-refractivity contribution >= 4 is 22.5 Å². The molecule has 0 saturated carbocycles. The Balaban J connectivity index is 1.41. The fourth-order valence-electron chi connectivity index (χ4n) is 4.37. The number of nitrogens with zero attached hydrogens (tertiary/aromatic N) is 3. The summed E-state index contributed by atoms with van der Waals surface area (Å²) in [5.41, 5.74) is 2.35. The molecule has 0 unspecified atom stereocenters. The SMILES string of the molecule is COc1cc2nccc(Oc3ccc(NC(=O)c4c(C)n(C)n(-c5ccccc5)c4=O)cc3F)c2cc1C. The number of amides is 1. The molecule has 1 amide bonds. The van der Waals surface area contributed by atoms with E-state index in [4.69, 9.17) is 9.47 Å². The van der Waals surface area contributed by atoms with Crippen molar-refractivity contribution in [3.05, 3.63) is 106 Å². The molecule has 38 heavy (non-hydrogen) atoms. The summed E-state index contributed by atoms with van der Waals surface area (Å²) in [6.07, 6.45) is 1.57. The number of para-hydroxylation sites is 1. The summed E-state index contributed by atoms with van der Waals surface area (Å²) in [6, 6.07) is 18.4. The molecule has 2 aromatic heterocycles. The second kappa shape index (κ2) is 9.85. The van der Waals surface area contributed by atoms with Gasteiger partial charge in [0.25, 0.3) is 11.5 Å². The molecular weight excluding hydrogens is 487 g/mol. The summed E-state index contributed by atoms with van der Waals surface area (Å²) < 4.78 is 29.3. The number of carbonyl (C=O) groups is 1. The Hall–Kier alpha value is -4.92. The van der Waals surface area contributed by atoms with E-state index >= 15 is 4.39 Å². The Morgan fingerprint density at radius 2 is 1.74 bits per heavy atom. The largest absolute Gasteiger partial charge is 0.496 e. The zero-order valence-electron chi connectivity index (χ0n) is 21.3. The minimum Gasteiger partial charge on any atom is -0.496 e. The summed E-state index contributed by atoms with van der Waals surface area (Å²) >= 11 is 0. The molecule has 9 heteroatoms. The average molecular weight is 513 g/mol. The van der Waals surface area contributed by atoms with Gasteiger partial charge in [-0.15, -0.1) is 0 Å². The number of carbonyl (C=O) groups excluding carboxylic acids is 1. The Bertz CT molecular complexity index is 1740. The lowest BCUT2D eigenvalue weighted by Gasteiger charge is -2.12. The van der Waals surface area contributed by atoms with Gasteiger partial charge in [0.2, 0.25) is 0 Å². The van der Waals surface area contributed by atoms with Crippen molar-refractivity contribution in [1.29, 1.82) is 0 Å². The van der Waals surface area contributed by atoms with Gasteiger partial charge in [0.15, 0.2) is 11.6 Å². The Morgan fingerprint density at radius 3 is 2.45 bits per heavy atom. The number of nitrogens with one attached hydrogen (secondary N) is 1. The molecule has 0 fully saturated rings. The molecule has 1 N–H and O–H groups in total. The Labute approximate surface area is 217 Å². The van der Waals surface area contributed by atoms with Crippen LogP contribution in [0.25, 0.3) is 16.6 Å². The van der Waals surface area contributed by atoms with Crippen molar-refractivity contribution in [2.75, 3.05) is 12.4 Å². The van der Waals surface area contributed by atoms with Crippen molar-refractivity contribution in [2.24, 2.45) is 7.05 Å². The van der Waals surface area contributed by atoms with Crippen LogP contribution in [-0.2, 0) is 7.05 Å². The van der Waals surface area contributed by atoms with Crippen LogP contribution in [0.15, 0.2) is 77.7 Å². The third-order valence-corrected chi connectivity index (χ3v) is 6.41. The lowest BCUT2D eigenvalue weighted by Crippen LogP contribution is -2.25. The number of anilines is 1. The van der Waals surface area contributed by atoms with Gasteiger partial charge < -0.3 is 14.8 Å². The molecule has 0 aliphatic heterocycles. The van der Waals surface area contributed by atoms with Gasteiger partial charge >= 0.3 is 0 Å². The van der Waals surface area contributed by atoms with Crippen molar-refractivity contribution < 1.29 is 18.7 Å². The quantitative estimate of drug-likeness (QED) is 0.323. The zero-order chi connectivity index (χ0) is 27.0. The highest BCUT2D eigenvalue weighted by molar-refractivity contribution is 6.05. The number of hydrogen-bond acceptors (Lipinski definition) is 5. The first-order valence-corrected chi connectivity index (χ1v) is 11.8. The van der Waals surface area contributed by atoms with Crippen LogP contribution in [0, 0.1) is 19.7 Å². The fourth-order valence-corrected chi connectivity index (χ4v) is 4.37. The van der Waals surface area contributed by atoms with Crippen LogP contribution in [0.1, 0.15) is 21.6 Å². The van der Waals surface area contributed by atoms with Crippen LogP contribution in [0.2, 0.25) is 0 Å². The van der Waals surface area contributed by atoms with E-state index in [0.717, 1.165) is 11.6 Å². The molecule has 0 spiro atoms. The van der Waals surface area contributed by atoms with E-state index in [9.17, 15) is 9.59 Å². The van der Waals surface area contributed by atoms with Gasteiger partial charge in [-0.25, -0.2) is 9.07 Å². The molecule has 5 rings (SSSR count). The van der Waals surface area contributed by atoms with Crippen molar-refractivity contribution in [2.45, 2.75) is 13.8 Å². The zero-order valence-corrected chi connectivity index (χ0v) is 21.3. The molecule has 2 heterocycles. The standard InChI is InChI=1S/C29H25FN4O4/c1-17-14-21-23(16-26(17)37-4)31-13-12-24(21)38-25-11-10-19(15-22(25)30)32-28(35)27-18(2)33(3)34(29(27)36)20-8-6-5-7-9-20/h5-16H,1-4H3,(H,32,35). The number of ether oxygens (including phenoxy) is 2. The van der Waals surface area contributed by atoms with Gasteiger partial charge in [0, 0.05) is 36.5 Å². The highest BCUT2D eigenvalue weighted by atomic mass is 19.1. The van der Waals surface area contributed by atoms with Crippen LogP contribution < -0.4 is 20.3 Å². The van der Waals surface area contributed by atoms with Crippen LogP contribution in [0.3, 0.4) is 0 Å². The first-order chi connectivity index (χ1) is 18.3. The normalized spacial score (nSPS) is 11.0. The molecule has 0 bridgehead atoms. The maximum Gasteiger partial charge on any atom is 0.284 e. The number of aryl methyl sites for hydroxylation is 1. The second-order valence-corrected chi connectivity index (χ2v) is 8.79. The third kappa shape index (κ3) is 4.39. The predicted molar refractivity (Wildman–Crippen MR) is 143 cm³/mol. The molecule has 8 nitrogen and oxygen atoms in total. The molecule has 5 aromatic rings. The number of halogens is 1. The molecule has 192 valence electrons. The van der Waals surface area contributed by atoms with Gasteiger partial charge in [0.1, 0.15) is 17.1 Å². The van der Waals surface area contributed by atoms with Crippen LogP contribution in [-0.4, -0.2) is 27.4 Å². The number of fused-ring (bicyclic) bond motifs is 1. The fraction of sp³-hybridized carbons (Fsp3) is 0.138. The first-order valence-electron chi connectivity index (χ1n) is 11.8. The van der Waals surface area contributed by atoms with Gasteiger partial charge in [-0.3, -0.25) is 19.3 Å². The summed E-state index contributed by atoms with van der Waals surface area (Å²) in [5, 5.41) is 3.33. The van der Waals surface area contributed by atoms with Gasteiger partial charge in [-0.05, 0) is 55.8 Å². The predicted octanol–water partition coefficient (Wildman–Crippen LogP) is 5.53. The third-order valence-electron chi connectivity index (χ3n) is 6.41. The monoisotopic (exact) mass is 512 g/mol. The second-order valence-electron chi connectivity index (χ2n) is 8.79. The minimum atomic E-state index is -0.676. The number of pyridine rings is 1. The van der Waals surface area contributed by atoms with Gasteiger partial charge in [-0.1, -0.05) is 18.2 Å². The van der Waals surface area contributed by atoms with E-state index in [1.165, 1.54) is 16.8 Å². The van der Waals surface area contributed by atoms with Crippen molar-refractivity contribution in [1.82, 2.24) is 14.3 Å². The summed E-state index contributed by atoms with van der Waals surface area (Å²) in [7, 11) is 3.29. The maximum atomic E-state index is 15.1. The van der Waals surface area contributed by atoms with Gasteiger partial charge in [0.05, 0.1) is 24.0 Å². The molecule has 0 aliphatic carbocycles. The Kier molecular flexibility index (Phi) is 6.42. The van der Waals surface area contributed by atoms with E-state index in [-0.39, 0.29) is 17.0 Å². The molecule has 0 atom stereocenters. The summed E-state index contributed by atoms with van der Waals surface area (Å²) in [5.74, 6) is -0.207. The van der Waals surface area contributed by atoms with Crippen LogP contribution in [0.4, 0.5) is 10.1 Å². The van der Waals surface area contributed by atoms with E-state index in [0.29, 0.717) is 33.8 Å². The van der Waals surface area contributed by atoms with Gasteiger partial charge in [-0.2, -0.15) is 0 Å². The number of rotatable bonds is 6. The molecule has 3 aromatic carbocycles. The highest BCUT2D eigenvalue weighted by Gasteiger charge is 2.22. The van der Waals surface area contributed by atoms with Crippen LogP contribution >= 0.6 is 0 Å². The van der Waals surface area contributed by atoms with E-state index in [2.05, 4.69) is 10.3 Å². The number of benzene rings is 3. The molecule has 0 aliphatic rings. The smallest absolute Gasteiger partial charge is 0.284 e. The first kappa shape index (κ1) is 24.8. The lowest BCUT2D eigenvalue weighted by molar-refractivity contribution is 0.102. The van der Waals surface area contributed by atoms with Crippen molar-refractivity contribution in [3.63, 3.8) is 0 Å². The number of hydrogen-bond donors (Lipinski definition) is 1. The maximum absolute atomic E-state index is 15.1. The van der Waals surface area contributed by atoms with E-state index < -0.39 is 17.3 Å². The number of aromatic nitrogens is 3. The summed E-state index contributed by atoms with van der Waals surface area (Å²) in [6.45, 7) is 3.58. The van der Waals surface area contributed by atoms with Crippen molar-refractivity contribution in [3.8, 4) is 22.9 Å². The highest BCUT2D eigenvalue weighted by Crippen LogP contribution is 2.34. The molecule has 0 saturated heterocycles. The lowest BCUT2D eigenvalue weighted by atomic mass is 10.1. The Morgan fingerprint density at radius 1 is 0.974 bits per heavy atom. The molecule has 0 radical (unpaired) electrons. The minimum absolute atomic E-state index is 0.0219. The average Bonchev–Trinajstić information content (AvgIpc) is 3.13. The van der Waals surface area contributed by atoms with E-state index in [1.807, 2.05) is 31.2 Å². The van der Waals surface area contributed by atoms with Crippen LogP contribution in [0.5, 0.6) is 17.2 Å². The number of methoxy groups -OCH3 is 1. The van der Waals surface area contributed by atoms with E-state index in [1.54, 1.807) is 56.2 Å².